The fourth-order valence-electron chi connectivity index (χ4n) is 2.46. The van der Waals surface area contributed by atoms with E-state index in [2.05, 4.69) is 5.32 Å². The summed E-state index contributed by atoms with van der Waals surface area (Å²) < 4.78 is 0. The van der Waals surface area contributed by atoms with Crippen LogP contribution in [0.4, 0.5) is 5.69 Å². The molecule has 0 saturated carbocycles. The summed E-state index contributed by atoms with van der Waals surface area (Å²) in [7, 11) is 1.47. The molecule has 1 unspecified atom stereocenters. The van der Waals surface area contributed by atoms with Crippen LogP contribution in [0.5, 0.6) is 5.75 Å². The summed E-state index contributed by atoms with van der Waals surface area (Å²) in [6, 6.07) is 2.65. The van der Waals surface area contributed by atoms with E-state index in [9.17, 15) is 24.8 Å². The van der Waals surface area contributed by atoms with Crippen molar-refractivity contribution in [3.63, 3.8) is 0 Å². The van der Waals surface area contributed by atoms with E-state index < -0.39 is 16.9 Å². The molecule has 1 saturated heterocycles. The van der Waals surface area contributed by atoms with Gasteiger partial charge in [0, 0.05) is 19.7 Å². The van der Waals surface area contributed by atoms with Crippen LogP contribution in [-0.2, 0) is 4.79 Å². The smallest absolute Gasteiger partial charge is 0.282 e. The molecule has 0 spiro atoms. The molecule has 2 rings (SSSR count). The zero-order chi connectivity index (χ0) is 15.6. The molecule has 8 nitrogen and oxygen atoms in total. The van der Waals surface area contributed by atoms with Gasteiger partial charge < -0.3 is 15.3 Å². The maximum atomic E-state index is 12.5. The Morgan fingerprint density at radius 3 is 2.81 bits per heavy atom. The molecule has 1 aromatic rings. The van der Waals surface area contributed by atoms with E-state index in [0.717, 1.165) is 18.2 Å². The number of nitro groups is 1. The quantitative estimate of drug-likeness (QED) is 0.627. The lowest BCUT2D eigenvalue weighted by atomic mass is 10.1. The van der Waals surface area contributed by atoms with Gasteiger partial charge in [-0.2, -0.15) is 0 Å². The van der Waals surface area contributed by atoms with Gasteiger partial charge in [0.25, 0.3) is 11.6 Å². The summed E-state index contributed by atoms with van der Waals surface area (Å²) in [4.78, 5) is 35.9. The number of nitrogens with one attached hydrogen (secondary N) is 1. The van der Waals surface area contributed by atoms with Gasteiger partial charge in [0.2, 0.25) is 5.91 Å². The molecule has 1 aromatic carbocycles. The second-order valence-corrected chi connectivity index (χ2v) is 4.73. The second kappa shape index (κ2) is 5.78. The number of likely N-dealkylation sites (tertiary alicyclic amines) is 1. The van der Waals surface area contributed by atoms with Gasteiger partial charge in [-0.15, -0.1) is 0 Å². The standard InChI is InChI=1S/C13H15N3O5/c1-14-12(18)11-3-2-6-15(11)13(19)9-7-8(17)4-5-10(9)16(20)21/h4-5,7,11,17H,2-3,6H2,1H3,(H,14,18). The van der Waals surface area contributed by atoms with Crippen LogP contribution in [0.3, 0.4) is 0 Å². The van der Waals surface area contributed by atoms with E-state index in [1.807, 2.05) is 0 Å². The Labute approximate surface area is 120 Å². The largest absolute Gasteiger partial charge is 0.508 e. The Kier molecular flexibility index (Phi) is 4.06. The van der Waals surface area contributed by atoms with Crippen LogP contribution in [0, 0.1) is 10.1 Å². The van der Waals surface area contributed by atoms with Crippen molar-refractivity contribution in [3.05, 3.63) is 33.9 Å². The highest BCUT2D eigenvalue weighted by molar-refractivity contribution is 6.01. The zero-order valence-electron chi connectivity index (χ0n) is 11.4. The predicted octanol–water partition coefficient (Wildman–Crippen LogP) is 0.651. The summed E-state index contributed by atoms with van der Waals surface area (Å²) in [5, 5.41) is 22.9. The number of carbonyl (C=O) groups is 2. The third-order valence-corrected chi connectivity index (χ3v) is 3.47. The Hall–Kier alpha value is -2.64. The first-order chi connectivity index (χ1) is 9.95. The van der Waals surface area contributed by atoms with Crippen molar-refractivity contribution in [2.75, 3.05) is 13.6 Å². The number of benzene rings is 1. The fraction of sp³-hybridized carbons (Fsp3) is 0.385. The Morgan fingerprint density at radius 2 is 2.19 bits per heavy atom. The molecule has 1 aliphatic heterocycles. The highest BCUT2D eigenvalue weighted by Crippen LogP contribution is 2.28. The summed E-state index contributed by atoms with van der Waals surface area (Å²) >= 11 is 0. The molecule has 2 amide bonds. The topological polar surface area (TPSA) is 113 Å². The molecule has 1 fully saturated rings. The minimum Gasteiger partial charge on any atom is -0.508 e. The summed E-state index contributed by atoms with van der Waals surface area (Å²) in [5.41, 5.74) is -0.601. The lowest BCUT2D eigenvalue weighted by molar-refractivity contribution is -0.385. The molecule has 0 bridgehead atoms. The van der Waals surface area contributed by atoms with Crippen LogP contribution in [0.25, 0.3) is 0 Å². The molecule has 0 aromatic heterocycles. The first-order valence-electron chi connectivity index (χ1n) is 6.45. The number of phenols is 1. The van der Waals surface area contributed by atoms with E-state index in [0.29, 0.717) is 19.4 Å². The molecule has 0 radical (unpaired) electrons. The van der Waals surface area contributed by atoms with E-state index in [1.165, 1.54) is 11.9 Å². The molecule has 21 heavy (non-hydrogen) atoms. The molecule has 112 valence electrons. The van der Waals surface area contributed by atoms with Gasteiger partial charge in [-0.1, -0.05) is 0 Å². The van der Waals surface area contributed by atoms with Crippen molar-refractivity contribution in [2.24, 2.45) is 0 Å². The van der Waals surface area contributed by atoms with E-state index in [-0.39, 0.29) is 22.9 Å². The number of aromatic hydroxyl groups is 1. The van der Waals surface area contributed by atoms with E-state index in [4.69, 9.17) is 0 Å². The number of rotatable bonds is 3. The van der Waals surface area contributed by atoms with Crippen LogP contribution >= 0.6 is 0 Å². The summed E-state index contributed by atoms with van der Waals surface area (Å²) in [6.07, 6.45) is 1.16. The van der Waals surface area contributed by atoms with Crippen LogP contribution in [0.15, 0.2) is 18.2 Å². The van der Waals surface area contributed by atoms with Crippen molar-refractivity contribution in [3.8, 4) is 5.75 Å². The summed E-state index contributed by atoms with van der Waals surface area (Å²) in [5.74, 6) is -1.16. The maximum Gasteiger partial charge on any atom is 0.282 e. The number of hydrogen-bond donors (Lipinski definition) is 2. The molecule has 1 heterocycles. The number of carbonyl (C=O) groups excluding carboxylic acids is 2. The monoisotopic (exact) mass is 293 g/mol. The van der Waals surface area contributed by atoms with Gasteiger partial charge in [0.1, 0.15) is 17.4 Å². The first kappa shape index (κ1) is 14.8. The van der Waals surface area contributed by atoms with Crippen molar-refractivity contribution in [1.82, 2.24) is 10.2 Å². The minimum absolute atomic E-state index is 0.212. The summed E-state index contributed by atoms with van der Waals surface area (Å²) in [6.45, 7) is 0.351. The van der Waals surface area contributed by atoms with Crippen molar-refractivity contribution in [2.45, 2.75) is 18.9 Å². The maximum absolute atomic E-state index is 12.5. The number of hydrogen-bond acceptors (Lipinski definition) is 5. The van der Waals surface area contributed by atoms with Gasteiger partial charge in [-0.3, -0.25) is 19.7 Å². The SMILES string of the molecule is CNC(=O)C1CCCN1C(=O)c1cc(O)ccc1[N+](=O)[O-]. The third kappa shape index (κ3) is 2.78. The minimum atomic E-state index is -0.683. The molecular weight excluding hydrogens is 278 g/mol. The van der Waals surface area contributed by atoms with Gasteiger partial charge >= 0.3 is 0 Å². The van der Waals surface area contributed by atoms with E-state index >= 15 is 0 Å². The third-order valence-electron chi connectivity index (χ3n) is 3.47. The van der Waals surface area contributed by atoms with Gasteiger partial charge in [-0.25, -0.2) is 0 Å². The second-order valence-electron chi connectivity index (χ2n) is 4.73. The van der Waals surface area contributed by atoms with Gasteiger partial charge in [-0.05, 0) is 25.0 Å². The Morgan fingerprint density at radius 1 is 1.48 bits per heavy atom. The average Bonchev–Trinajstić information content (AvgIpc) is 2.94. The van der Waals surface area contributed by atoms with Crippen LogP contribution in [0.1, 0.15) is 23.2 Å². The van der Waals surface area contributed by atoms with Gasteiger partial charge in [0.05, 0.1) is 4.92 Å². The van der Waals surface area contributed by atoms with Crippen LogP contribution < -0.4 is 5.32 Å². The van der Waals surface area contributed by atoms with Crippen molar-refractivity contribution >= 4 is 17.5 Å². The van der Waals surface area contributed by atoms with Gasteiger partial charge in [0.15, 0.2) is 0 Å². The molecule has 2 N–H and O–H groups in total. The molecule has 1 aliphatic rings. The highest BCUT2D eigenvalue weighted by atomic mass is 16.6. The molecule has 8 heteroatoms. The number of phenolic OH excluding ortho intramolecular Hbond substituents is 1. The molecule has 1 atom stereocenters. The Bertz CT molecular complexity index is 601. The number of amides is 2. The number of nitro benzene ring substituents is 1. The fourth-order valence-corrected chi connectivity index (χ4v) is 2.46. The van der Waals surface area contributed by atoms with Crippen LogP contribution in [-0.4, -0.2) is 46.4 Å². The zero-order valence-corrected chi connectivity index (χ0v) is 11.4. The highest BCUT2D eigenvalue weighted by Gasteiger charge is 2.36. The Balaban J connectivity index is 2.37. The van der Waals surface area contributed by atoms with Crippen molar-refractivity contribution in [1.29, 1.82) is 0 Å². The lowest BCUT2D eigenvalue weighted by Gasteiger charge is -2.23. The first-order valence-corrected chi connectivity index (χ1v) is 6.45. The number of nitrogens with zero attached hydrogens (tertiary/aromatic N) is 2. The van der Waals surface area contributed by atoms with E-state index in [1.54, 1.807) is 0 Å². The molecular formula is C13H15N3O5. The normalized spacial score (nSPS) is 17.6. The predicted molar refractivity (Wildman–Crippen MR) is 72.9 cm³/mol. The number of likely N-dealkylation sites (N-methyl/N-ethyl adjacent to an activating group) is 1. The lowest BCUT2D eigenvalue weighted by Crippen LogP contribution is -2.45. The van der Waals surface area contributed by atoms with Crippen LogP contribution in [0.2, 0.25) is 0 Å². The molecule has 0 aliphatic carbocycles. The average molecular weight is 293 g/mol. The van der Waals surface area contributed by atoms with Crippen molar-refractivity contribution < 1.29 is 19.6 Å².